The second-order valence-electron chi connectivity index (χ2n) is 9.64. The van der Waals surface area contributed by atoms with E-state index in [1.165, 1.54) is 16.7 Å². The van der Waals surface area contributed by atoms with Gasteiger partial charge >= 0.3 is 0 Å². The zero-order valence-electron chi connectivity index (χ0n) is 21.4. The van der Waals surface area contributed by atoms with Crippen molar-refractivity contribution in [2.75, 3.05) is 27.2 Å². The number of benzene rings is 3. The Labute approximate surface area is 209 Å². The number of aromatic nitrogens is 1. The summed E-state index contributed by atoms with van der Waals surface area (Å²) in [6, 6.07) is 29.5. The van der Waals surface area contributed by atoms with E-state index in [-0.39, 0.29) is 5.91 Å². The summed E-state index contributed by atoms with van der Waals surface area (Å²) in [4.78, 5) is 14.9. The molecule has 1 N–H and O–H groups in total. The van der Waals surface area contributed by atoms with Crippen molar-refractivity contribution < 1.29 is 4.79 Å². The van der Waals surface area contributed by atoms with E-state index >= 15 is 0 Å². The van der Waals surface area contributed by atoms with Gasteiger partial charge in [-0.2, -0.15) is 0 Å². The van der Waals surface area contributed by atoms with Crippen LogP contribution in [0.25, 0.3) is 28.2 Å². The van der Waals surface area contributed by atoms with Crippen LogP contribution >= 0.6 is 0 Å². The predicted molar refractivity (Wildman–Crippen MR) is 146 cm³/mol. The zero-order valence-corrected chi connectivity index (χ0v) is 21.4. The number of carbonyl (C=O) groups is 1. The molecular formula is C31H35N3O. The van der Waals surface area contributed by atoms with Crippen molar-refractivity contribution in [3.63, 3.8) is 0 Å². The van der Waals surface area contributed by atoms with Gasteiger partial charge in [-0.25, -0.2) is 0 Å². The molecule has 4 nitrogen and oxygen atoms in total. The fraction of sp³-hybridized carbons (Fsp3) is 0.258. The third-order valence-corrected chi connectivity index (χ3v) is 6.38. The van der Waals surface area contributed by atoms with Crippen LogP contribution in [0.2, 0.25) is 0 Å². The highest BCUT2D eigenvalue weighted by atomic mass is 16.1. The molecule has 1 amide bonds. The summed E-state index contributed by atoms with van der Waals surface area (Å²) in [5.41, 5.74) is 8.70. The van der Waals surface area contributed by atoms with E-state index in [4.69, 9.17) is 0 Å². The van der Waals surface area contributed by atoms with E-state index < -0.39 is 0 Å². The molecule has 0 aliphatic carbocycles. The van der Waals surface area contributed by atoms with E-state index in [1.54, 1.807) is 0 Å². The smallest absolute Gasteiger partial charge is 0.251 e. The van der Waals surface area contributed by atoms with Gasteiger partial charge in [-0.05, 0) is 79.5 Å². The van der Waals surface area contributed by atoms with Gasteiger partial charge in [-0.3, -0.25) is 4.79 Å². The average molecular weight is 466 g/mol. The number of likely N-dealkylation sites (N-methyl/N-ethyl adjacent to an activating group) is 1. The number of nitrogens with zero attached hydrogens (tertiary/aromatic N) is 2. The van der Waals surface area contributed by atoms with E-state index in [0.717, 1.165) is 29.2 Å². The topological polar surface area (TPSA) is 37.3 Å². The number of nitrogens with one attached hydrogen (secondary N) is 1. The van der Waals surface area contributed by atoms with E-state index in [1.807, 2.05) is 32.3 Å². The molecule has 0 fully saturated rings. The maximum atomic E-state index is 12.8. The van der Waals surface area contributed by atoms with Crippen LogP contribution in [0.3, 0.4) is 0 Å². The van der Waals surface area contributed by atoms with Crippen LogP contribution in [0.15, 0.2) is 84.9 Å². The van der Waals surface area contributed by atoms with Crippen LogP contribution in [-0.4, -0.2) is 42.6 Å². The normalized spacial score (nSPS) is 11.3. The molecule has 0 bridgehead atoms. The number of rotatable bonds is 8. The minimum atomic E-state index is -0.0489. The van der Waals surface area contributed by atoms with Gasteiger partial charge < -0.3 is 14.8 Å². The Hall–Kier alpha value is -3.63. The zero-order chi connectivity index (χ0) is 24.9. The summed E-state index contributed by atoms with van der Waals surface area (Å²) in [6.07, 6.45) is 0. The lowest BCUT2D eigenvalue weighted by Crippen LogP contribution is -2.31. The van der Waals surface area contributed by atoms with Crippen molar-refractivity contribution in [2.45, 2.75) is 26.7 Å². The van der Waals surface area contributed by atoms with Gasteiger partial charge in [-0.15, -0.1) is 0 Å². The van der Waals surface area contributed by atoms with Crippen molar-refractivity contribution in [1.82, 2.24) is 14.8 Å². The first-order valence-corrected chi connectivity index (χ1v) is 12.3. The minimum absolute atomic E-state index is 0.0489. The first-order valence-electron chi connectivity index (χ1n) is 12.3. The van der Waals surface area contributed by atoms with Gasteiger partial charge in [0.25, 0.3) is 5.91 Å². The van der Waals surface area contributed by atoms with E-state index in [0.29, 0.717) is 18.0 Å². The van der Waals surface area contributed by atoms with Gasteiger partial charge in [0, 0.05) is 24.3 Å². The fourth-order valence-corrected chi connectivity index (χ4v) is 4.31. The van der Waals surface area contributed by atoms with Crippen LogP contribution in [-0.2, 0) is 0 Å². The Balaban J connectivity index is 1.78. The van der Waals surface area contributed by atoms with Crippen LogP contribution in [0.4, 0.5) is 0 Å². The quantitative estimate of drug-likeness (QED) is 0.321. The van der Waals surface area contributed by atoms with E-state index in [2.05, 4.69) is 102 Å². The summed E-state index contributed by atoms with van der Waals surface area (Å²) >= 11 is 0. The Kier molecular flexibility index (Phi) is 7.52. The molecule has 1 heterocycles. The third-order valence-electron chi connectivity index (χ3n) is 6.38. The van der Waals surface area contributed by atoms with Gasteiger partial charge in [0.05, 0.1) is 11.4 Å². The standard InChI is InChI=1S/C31H35N3O/c1-22(2)24-13-15-25(16-14-24)29-17-18-30(34(29)28-12-7-6-9-23(28)3)26-10-8-11-27(21-26)31(35)32-19-20-33(4)5/h6-18,21-22H,19-20H2,1-5H3,(H,32,35). The molecule has 0 radical (unpaired) electrons. The lowest BCUT2D eigenvalue weighted by Gasteiger charge is -2.17. The van der Waals surface area contributed by atoms with Gasteiger partial charge in [0.15, 0.2) is 0 Å². The Morgan fingerprint density at radius 2 is 1.54 bits per heavy atom. The second-order valence-corrected chi connectivity index (χ2v) is 9.64. The molecule has 3 aromatic carbocycles. The molecule has 1 aromatic heterocycles. The number of hydrogen-bond acceptors (Lipinski definition) is 2. The van der Waals surface area contributed by atoms with Crippen molar-refractivity contribution >= 4 is 5.91 Å². The summed E-state index contributed by atoms with van der Waals surface area (Å²) in [7, 11) is 4.00. The Morgan fingerprint density at radius 3 is 2.20 bits per heavy atom. The van der Waals surface area contributed by atoms with Gasteiger partial charge in [0.1, 0.15) is 0 Å². The van der Waals surface area contributed by atoms with Crippen molar-refractivity contribution in [3.05, 3.63) is 102 Å². The number of aryl methyl sites for hydroxylation is 1. The highest BCUT2D eigenvalue weighted by molar-refractivity contribution is 5.95. The van der Waals surface area contributed by atoms with Gasteiger partial charge in [-0.1, -0.05) is 68.4 Å². The predicted octanol–water partition coefficient (Wildman–Crippen LogP) is 6.53. The molecular weight excluding hydrogens is 430 g/mol. The highest BCUT2D eigenvalue weighted by Gasteiger charge is 2.16. The summed E-state index contributed by atoms with van der Waals surface area (Å²) in [5, 5.41) is 3.02. The Bertz CT molecular complexity index is 1300. The largest absolute Gasteiger partial charge is 0.351 e. The third kappa shape index (κ3) is 5.55. The minimum Gasteiger partial charge on any atom is -0.351 e. The monoisotopic (exact) mass is 465 g/mol. The van der Waals surface area contributed by atoms with E-state index in [9.17, 15) is 4.79 Å². The number of hydrogen-bond donors (Lipinski definition) is 1. The number of para-hydroxylation sites is 1. The first-order chi connectivity index (χ1) is 16.8. The molecule has 0 saturated carbocycles. The summed E-state index contributed by atoms with van der Waals surface area (Å²) in [6.45, 7) is 7.99. The molecule has 0 saturated heterocycles. The lowest BCUT2D eigenvalue weighted by molar-refractivity contribution is 0.0951. The highest BCUT2D eigenvalue weighted by Crippen LogP contribution is 2.34. The molecule has 4 rings (SSSR count). The Morgan fingerprint density at radius 1 is 0.857 bits per heavy atom. The first kappa shape index (κ1) is 24.5. The van der Waals surface area contributed by atoms with Crippen LogP contribution in [0.1, 0.15) is 41.3 Å². The molecule has 180 valence electrons. The fourth-order valence-electron chi connectivity index (χ4n) is 4.31. The van der Waals surface area contributed by atoms with Gasteiger partial charge in [0.2, 0.25) is 0 Å². The van der Waals surface area contributed by atoms with Crippen LogP contribution < -0.4 is 5.32 Å². The van der Waals surface area contributed by atoms with Crippen LogP contribution in [0.5, 0.6) is 0 Å². The molecule has 4 aromatic rings. The lowest BCUT2D eigenvalue weighted by atomic mass is 10.0. The number of carbonyl (C=O) groups excluding carboxylic acids is 1. The molecule has 0 unspecified atom stereocenters. The van der Waals surface area contributed by atoms with Crippen molar-refractivity contribution in [3.8, 4) is 28.2 Å². The molecule has 0 spiro atoms. The van der Waals surface area contributed by atoms with Crippen LogP contribution in [0, 0.1) is 6.92 Å². The SMILES string of the molecule is Cc1ccccc1-n1c(-c2ccc(C(C)C)cc2)ccc1-c1cccc(C(=O)NCCN(C)C)c1. The van der Waals surface area contributed by atoms with Crippen molar-refractivity contribution in [2.24, 2.45) is 0 Å². The maximum absolute atomic E-state index is 12.8. The summed E-state index contributed by atoms with van der Waals surface area (Å²) in [5.74, 6) is 0.446. The molecule has 4 heteroatoms. The molecule has 35 heavy (non-hydrogen) atoms. The summed E-state index contributed by atoms with van der Waals surface area (Å²) < 4.78 is 2.31. The molecule has 0 atom stereocenters. The second kappa shape index (κ2) is 10.7. The molecule has 0 aliphatic rings. The maximum Gasteiger partial charge on any atom is 0.251 e. The average Bonchev–Trinajstić information content (AvgIpc) is 3.29. The molecule has 0 aliphatic heterocycles. The number of amides is 1. The van der Waals surface area contributed by atoms with Crippen molar-refractivity contribution in [1.29, 1.82) is 0 Å².